The summed E-state index contributed by atoms with van der Waals surface area (Å²) in [4.78, 5) is 10.7. The lowest BCUT2D eigenvalue weighted by molar-refractivity contribution is -0.139. The van der Waals surface area contributed by atoms with Crippen LogP contribution in [-0.4, -0.2) is 41.2 Å². The highest BCUT2D eigenvalue weighted by Crippen LogP contribution is 2.30. The Morgan fingerprint density at radius 1 is 1.62 bits per heavy atom. The van der Waals surface area contributed by atoms with E-state index in [1.807, 2.05) is 6.92 Å². The molecule has 0 spiro atoms. The van der Waals surface area contributed by atoms with Crippen molar-refractivity contribution in [2.45, 2.75) is 11.9 Å². The Balaban J connectivity index is 3.84. The summed E-state index contributed by atoms with van der Waals surface area (Å²) < 4.78 is 10.1. The van der Waals surface area contributed by atoms with E-state index in [9.17, 15) is 9.90 Å². The molecule has 1 N–H and O–H groups in total. The van der Waals surface area contributed by atoms with Crippen LogP contribution in [0.4, 0.5) is 0 Å². The highest BCUT2D eigenvalue weighted by molar-refractivity contribution is 9.10. The molecule has 0 saturated carbocycles. The Morgan fingerprint density at radius 2 is 2.25 bits per heavy atom. The Kier molecular flexibility index (Phi) is 8.27. The van der Waals surface area contributed by atoms with Crippen molar-refractivity contribution in [2.75, 3.05) is 25.2 Å². The standard InChI is InChI=1S/C10H16Br2O4/c1-3-8(14)15-4-5-16-9(12)10(2,6-11)7-13/h3,9,13H,1,4-7H2,2H3. The third-order valence-corrected chi connectivity index (χ3v) is 4.62. The molecule has 2 unspecified atom stereocenters. The van der Waals surface area contributed by atoms with Crippen molar-refractivity contribution in [3.63, 3.8) is 0 Å². The molecule has 0 bridgehead atoms. The van der Waals surface area contributed by atoms with Gasteiger partial charge in [-0.3, -0.25) is 0 Å². The van der Waals surface area contributed by atoms with Gasteiger partial charge in [0, 0.05) is 16.8 Å². The quantitative estimate of drug-likeness (QED) is 0.311. The molecule has 0 saturated heterocycles. The van der Waals surface area contributed by atoms with Crippen LogP contribution in [0, 0.1) is 5.41 Å². The highest BCUT2D eigenvalue weighted by atomic mass is 79.9. The zero-order valence-corrected chi connectivity index (χ0v) is 12.3. The molecule has 0 aliphatic heterocycles. The molecule has 94 valence electrons. The van der Waals surface area contributed by atoms with Crippen molar-refractivity contribution in [2.24, 2.45) is 5.41 Å². The van der Waals surface area contributed by atoms with Crippen molar-refractivity contribution >= 4 is 37.8 Å². The zero-order chi connectivity index (χ0) is 12.6. The topological polar surface area (TPSA) is 55.8 Å². The second kappa shape index (κ2) is 8.22. The average molecular weight is 360 g/mol. The minimum absolute atomic E-state index is 0.0133. The van der Waals surface area contributed by atoms with E-state index in [0.29, 0.717) is 5.33 Å². The molecule has 0 aromatic heterocycles. The van der Waals surface area contributed by atoms with Crippen LogP contribution in [0.1, 0.15) is 6.92 Å². The molecular weight excluding hydrogens is 344 g/mol. The number of halogens is 2. The van der Waals surface area contributed by atoms with Gasteiger partial charge in [0.2, 0.25) is 0 Å². The smallest absolute Gasteiger partial charge is 0.330 e. The summed E-state index contributed by atoms with van der Waals surface area (Å²) in [5, 5.41) is 9.48. The van der Waals surface area contributed by atoms with E-state index in [4.69, 9.17) is 9.47 Å². The van der Waals surface area contributed by atoms with Crippen LogP contribution >= 0.6 is 31.9 Å². The maximum Gasteiger partial charge on any atom is 0.330 e. The van der Waals surface area contributed by atoms with Gasteiger partial charge in [0.05, 0.1) is 13.2 Å². The second-order valence-electron chi connectivity index (χ2n) is 3.50. The number of hydrogen-bond acceptors (Lipinski definition) is 4. The number of alkyl halides is 2. The van der Waals surface area contributed by atoms with E-state index >= 15 is 0 Å². The molecule has 0 heterocycles. The Hall–Kier alpha value is 0.0900. The van der Waals surface area contributed by atoms with Gasteiger partial charge in [0.1, 0.15) is 11.6 Å². The molecule has 0 aromatic rings. The molecule has 0 aliphatic carbocycles. The molecule has 0 rings (SSSR count). The molecule has 0 radical (unpaired) electrons. The number of carbonyl (C=O) groups excluding carboxylic acids is 1. The molecule has 0 aromatic carbocycles. The van der Waals surface area contributed by atoms with Crippen molar-refractivity contribution in [3.8, 4) is 0 Å². The maximum absolute atomic E-state index is 10.7. The summed E-state index contributed by atoms with van der Waals surface area (Å²) >= 11 is 6.64. The van der Waals surface area contributed by atoms with E-state index < -0.39 is 11.4 Å². The molecular formula is C10H16Br2O4. The van der Waals surface area contributed by atoms with Crippen molar-refractivity contribution < 1.29 is 19.4 Å². The van der Waals surface area contributed by atoms with Gasteiger partial charge < -0.3 is 14.6 Å². The highest BCUT2D eigenvalue weighted by Gasteiger charge is 2.31. The Morgan fingerprint density at radius 3 is 2.69 bits per heavy atom. The first-order chi connectivity index (χ1) is 7.50. The third-order valence-electron chi connectivity index (χ3n) is 1.97. The first-order valence-electron chi connectivity index (χ1n) is 4.72. The minimum atomic E-state index is -0.472. The van der Waals surface area contributed by atoms with Gasteiger partial charge in [-0.15, -0.1) is 0 Å². The first-order valence-corrected chi connectivity index (χ1v) is 6.75. The predicted octanol–water partition coefficient (Wildman–Crippen LogP) is 1.85. The molecule has 0 aliphatic rings. The number of aliphatic hydroxyl groups is 1. The summed E-state index contributed by atoms with van der Waals surface area (Å²) in [6.07, 6.45) is 1.10. The largest absolute Gasteiger partial charge is 0.460 e. The molecule has 16 heavy (non-hydrogen) atoms. The third kappa shape index (κ3) is 5.43. The summed E-state index contributed by atoms with van der Waals surface area (Å²) in [5.41, 5.74) is -0.414. The van der Waals surface area contributed by atoms with Crippen LogP contribution in [0.5, 0.6) is 0 Å². The summed E-state index contributed by atoms with van der Waals surface area (Å²) in [5.74, 6) is -0.472. The van der Waals surface area contributed by atoms with Crippen LogP contribution in [0.3, 0.4) is 0 Å². The molecule has 6 heteroatoms. The lowest BCUT2D eigenvalue weighted by atomic mass is 9.96. The van der Waals surface area contributed by atoms with Gasteiger partial charge >= 0.3 is 5.97 Å². The Labute approximate surface area is 112 Å². The van der Waals surface area contributed by atoms with E-state index in [0.717, 1.165) is 6.08 Å². The van der Waals surface area contributed by atoms with Crippen molar-refractivity contribution in [1.29, 1.82) is 0 Å². The molecule has 0 amide bonds. The average Bonchev–Trinajstić information content (AvgIpc) is 2.32. The number of ether oxygens (including phenoxy) is 2. The summed E-state index contributed by atoms with van der Waals surface area (Å²) in [7, 11) is 0. The summed E-state index contributed by atoms with van der Waals surface area (Å²) in [6.45, 7) is 5.56. The summed E-state index contributed by atoms with van der Waals surface area (Å²) in [6, 6.07) is 0. The zero-order valence-electron chi connectivity index (χ0n) is 9.12. The number of aliphatic hydroxyl groups excluding tert-OH is 1. The minimum Gasteiger partial charge on any atom is -0.460 e. The number of rotatable bonds is 8. The first kappa shape index (κ1) is 16.1. The lowest BCUT2D eigenvalue weighted by Gasteiger charge is -2.30. The molecule has 0 fully saturated rings. The van der Waals surface area contributed by atoms with Crippen LogP contribution in [0.15, 0.2) is 12.7 Å². The fraction of sp³-hybridized carbons (Fsp3) is 0.700. The maximum atomic E-state index is 10.7. The van der Waals surface area contributed by atoms with Crippen LogP contribution < -0.4 is 0 Å². The van der Waals surface area contributed by atoms with Gasteiger partial charge in [0.15, 0.2) is 0 Å². The van der Waals surface area contributed by atoms with Gasteiger partial charge in [0.25, 0.3) is 0 Å². The normalized spacial score (nSPS) is 16.2. The lowest BCUT2D eigenvalue weighted by Crippen LogP contribution is -2.36. The van der Waals surface area contributed by atoms with Gasteiger partial charge in [-0.25, -0.2) is 4.79 Å². The van der Waals surface area contributed by atoms with Gasteiger partial charge in [-0.1, -0.05) is 45.4 Å². The molecule has 4 nitrogen and oxygen atoms in total. The van der Waals surface area contributed by atoms with Crippen LogP contribution in [0.2, 0.25) is 0 Å². The van der Waals surface area contributed by atoms with E-state index in [1.54, 1.807) is 0 Å². The number of carbonyl (C=O) groups is 1. The SMILES string of the molecule is C=CC(=O)OCCOC(Br)C(C)(CO)CBr. The van der Waals surface area contributed by atoms with Crippen molar-refractivity contribution in [1.82, 2.24) is 0 Å². The number of esters is 1. The van der Waals surface area contributed by atoms with Crippen LogP contribution in [-0.2, 0) is 14.3 Å². The Bertz CT molecular complexity index is 229. The van der Waals surface area contributed by atoms with Crippen LogP contribution in [0.25, 0.3) is 0 Å². The number of hydrogen-bond donors (Lipinski definition) is 1. The fourth-order valence-corrected chi connectivity index (χ4v) is 2.13. The van der Waals surface area contributed by atoms with E-state index in [-0.39, 0.29) is 24.8 Å². The van der Waals surface area contributed by atoms with Crippen molar-refractivity contribution in [3.05, 3.63) is 12.7 Å². The molecule has 2 atom stereocenters. The monoisotopic (exact) mass is 358 g/mol. The van der Waals surface area contributed by atoms with Gasteiger partial charge in [-0.2, -0.15) is 0 Å². The predicted molar refractivity (Wildman–Crippen MR) is 68.8 cm³/mol. The van der Waals surface area contributed by atoms with E-state index in [2.05, 4.69) is 38.4 Å². The van der Waals surface area contributed by atoms with Gasteiger partial charge in [-0.05, 0) is 0 Å². The van der Waals surface area contributed by atoms with E-state index in [1.165, 1.54) is 0 Å². The fourth-order valence-electron chi connectivity index (χ4n) is 0.729. The second-order valence-corrected chi connectivity index (χ2v) is 4.90.